The number of likely N-dealkylation sites (tertiary alicyclic amines) is 1. The average molecular weight is 977 g/mol. The summed E-state index contributed by atoms with van der Waals surface area (Å²) in [6.07, 6.45) is 3.16. The number of methoxy groups -OCH3 is 1. The fourth-order valence-corrected chi connectivity index (χ4v) is 9.94. The van der Waals surface area contributed by atoms with E-state index in [9.17, 15) is 28.8 Å². The molecule has 2 heterocycles. The number of carbonyl (C=O) groups is 7. The molecule has 0 spiro atoms. The third-order valence-electron chi connectivity index (χ3n) is 14.5. The van der Waals surface area contributed by atoms with Crippen molar-refractivity contribution in [2.24, 2.45) is 10.8 Å². The number of nitrogens with zero attached hydrogens (tertiary/aromatic N) is 2. The molecule has 0 aromatic heterocycles. The first-order valence-corrected chi connectivity index (χ1v) is 25.0. The highest BCUT2D eigenvalue weighted by molar-refractivity contribution is 5.96. The van der Waals surface area contributed by atoms with Gasteiger partial charge >= 0.3 is 5.97 Å². The molecule has 1 fully saturated rings. The number of carbonyl (C=O) groups excluding carboxylic acids is 7. The predicted octanol–water partition coefficient (Wildman–Crippen LogP) is 4.00. The lowest BCUT2D eigenvalue weighted by molar-refractivity contribution is -0.147. The lowest BCUT2D eigenvalue weighted by atomic mass is 9.83. The normalized spacial score (nSPS) is 21.0. The zero-order valence-electron chi connectivity index (χ0n) is 43.4. The Morgan fingerprint density at radius 3 is 1.87 bits per heavy atom. The summed E-state index contributed by atoms with van der Waals surface area (Å²) in [5, 5.41) is 18.0. The number of hydrogen-bond donors (Lipinski definition) is 6. The Morgan fingerprint density at radius 2 is 1.28 bits per heavy atom. The van der Waals surface area contributed by atoms with Crippen LogP contribution in [0.25, 0.3) is 0 Å². The van der Waals surface area contributed by atoms with Crippen LogP contribution in [0.1, 0.15) is 120 Å². The molecule has 3 aromatic rings. The Bertz CT molecular complexity index is 2430. The number of amides is 6. The number of rotatable bonds is 16. The second-order valence-electron chi connectivity index (χ2n) is 21.7. The van der Waals surface area contributed by atoms with Gasteiger partial charge in [-0.15, -0.1) is 0 Å². The van der Waals surface area contributed by atoms with Crippen LogP contribution in [0.2, 0.25) is 0 Å². The number of hydrogen-bond acceptors (Lipinski definition) is 10. The fourth-order valence-electron chi connectivity index (χ4n) is 9.94. The number of fused-ring (bicyclic) bond motifs is 2. The van der Waals surface area contributed by atoms with Crippen LogP contribution >= 0.6 is 0 Å². The quantitative estimate of drug-likeness (QED) is 0.114. The molecule has 0 saturated carbocycles. The molecule has 2 aliphatic heterocycles. The highest BCUT2D eigenvalue weighted by Gasteiger charge is 2.47. The van der Waals surface area contributed by atoms with Gasteiger partial charge in [0.05, 0.1) is 25.2 Å². The number of aryl methyl sites for hydroxylation is 1. The molecule has 1 aliphatic carbocycles. The number of nitrogens with one attached hydrogen (secondary N) is 6. The van der Waals surface area contributed by atoms with Crippen molar-refractivity contribution in [2.75, 3.05) is 27.7 Å². The lowest BCUT2D eigenvalue weighted by Gasteiger charge is -2.42. The third kappa shape index (κ3) is 12.9. The number of ether oxygens (including phenoxy) is 1. The van der Waals surface area contributed by atoms with E-state index in [0.29, 0.717) is 0 Å². The minimum Gasteiger partial charge on any atom is -0.467 e. The third-order valence-corrected chi connectivity index (χ3v) is 14.5. The van der Waals surface area contributed by atoms with Crippen molar-refractivity contribution in [3.63, 3.8) is 0 Å². The molecule has 6 unspecified atom stereocenters. The van der Waals surface area contributed by atoms with Gasteiger partial charge in [0.15, 0.2) is 0 Å². The van der Waals surface area contributed by atoms with Crippen LogP contribution in [-0.2, 0) is 64.1 Å². The number of benzene rings is 3. The Balaban J connectivity index is 1.36. The maximum atomic E-state index is 15.1. The summed E-state index contributed by atoms with van der Waals surface area (Å²) in [6.45, 7) is 14.8. The van der Waals surface area contributed by atoms with E-state index in [1.165, 1.54) is 17.6 Å². The SMILES string of the molecule is CNC(C)C(=O)NC(C(=O)N1Cc2cc([C@H]3C[C@@H](C(=O)NC(Cc4ccccc4)C(=O)OC)N(C(=O)C(NC(=O)C(C)NC)C(C)(C)C)C3)ccc2CC1C(=O)N[C@@H]1CCCc2ccccc21)C(C)(C)C. The van der Waals surface area contributed by atoms with Crippen LogP contribution in [-0.4, -0.2) is 121 Å². The zero-order valence-corrected chi connectivity index (χ0v) is 43.4. The summed E-state index contributed by atoms with van der Waals surface area (Å²) in [6, 6.07) is 16.9. The lowest BCUT2D eigenvalue weighted by Crippen LogP contribution is -2.62. The largest absolute Gasteiger partial charge is 0.467 e. The van der Waals surface area contributed by atoms with Gasteiger partial charge in [-0.05, 0) is 97.8 Å². The maximum absolute atomic E-state index is 15.1. The summed E-state index contributed by atoms with van der Waals surface area (Å²) in [4.78, 5) is 102. The Labute approximate surface area is 419 Å². The molecule has 3 aromatic carbocycles. The monoisotopic (exact) mass is 977 g/mol. The van der Waals surface area contributed by atoms with Crippen LogP contribution in [0.3, 0.4) is 0 Å². The maximum Gasteiger partial charge on any atom is 0.328 e. The smallest absolute Gasteiger partial charge is 0.328 e. The van der Waals surface area contributed by atoms with Crippen molar-refractivity contribution in [3.05, 3.63) is 106 Å². The summed E-state index contributed by atoms with van der Waals surface area (Å²) < 4.78 is 5.13. The van der Waals surface area contributed by atoms with Gasteiger partial charge in [-0.1, -0.05) is 114 Å². The molecule has 6 rings (SSSR count). The second-order valence-corrected chi connectivity index (χ2v) is 21.7. The Morgan fingerprint density at radius 1 is 0.690 bits per heavy atom. The van der Waals surface area contributed by atoms with Gasteiger partial charge in [0, 0.05) is 31.8 Å². The van der Waals surface area contributed by atoms with Crippen molar-refractivity contribution in [2.45, 2.75) is 155 Å². The number of likely N-dealkylation sites (N-methyl/N-ethyl adjacent to an activating group) is 2. The zero-order chi connectivity index (χ0) is 51.9. The van der Waals surface area contributed by atoms with Crippen LogP contribution in [0, 0.1) is 10.8 Å². The molecular weight excluding hydrogens is 901 g/mol. The van der Waals surface area contributed by atoms with Gasteiger partial charge in [0.25, 0.3) is 0 Å². The Kier molecular flexibility index (Phi) is 17.5. The van der Waals surface area contributed by atoms with E-state index in [-0.39, 0.29) is 67.9 Å². The second kappa shape index (κ2) is 23.0. The van der Waals surface area contributed by atoms with E-state index in [4.69, 9.17) is 4.74 Å². The molecule has 6 N–H and O–H groups in total. The minimum absolute atomic E-state index is 0.0622. The summed E-state index contributed by atoms with van der Waals surface area (Å²) in [5.74, 6) is -3.39. The van der Waals surface area contributed by atoms with E-state index >= 15 is 4.79 Å². The summed E-state index contributed by atoms with van der Waals surface area (Å²) >= 11 is 0. The van der Waals surface area contributed by atoms with Gasteiger partial charge < -0.3 is 46.4 Å². The van der Waals surface area contributed by atoms with E-state index in [1.54, 1.807) is 32.8 Å². The van der Waals surface area contributed by atoms with Crippen LogP contribution in [0.4, 0.5) is 0 Å². The minimum atomic E-state index is -1.05. The van der Waals surface area contributed by atoms with E-state index < -0.39 is 70.9 Å². The van der Waals surface area contributed by atoms with Crippen molar-refractivity contribution < 1.29 is 38.3 Å². The molecule has 1 saturated heterocycles. The molecule has 0 bridgehead atoms. The van der Waals surface area contributed by atoms with Crippen LogP contribution in [0.5, 0.6) is 0 Å². The summed E-state index contributed by atoms with van der Waals surface area (Å²) in [7, 11) is 4.59. The van der Waals surface area contributed by atoms with Crippen molar-refractivity contribution >= 4 is 41.4 Å². The average Bonchev–Trinajstić information content (AvgIpc) is 3.81. The standard InChI is InChI=1S/C55H76N8O8/c1-32(56-9)47(64)60-45(54(3,4)5)51(68)62-30-38-27-36(24-25-37(38)28-43(62)49(66)58-41-23-17-21-35-20-15-16-22-40(35)41)39-29-44(50(67)59-42(53(70)71-11)26-34-18-13-12-14-19-34)63(31-39)52(69)46(55(6,7)8)61-48(65)33(2)57-10/h12-16,18-20,22,24-25,27,32-33,39,41-46,56-57H,17,21,23,26,28-31H2,1-11H3,(H,58,66)(H,59,67)(H,60,64)(H,61,65)/t32?,33?,39-,41+,42?,43?,44-,45?,46?/m0/s1. The highest BCUT2D eigenvalue weighted by atomic mass is 16.5. The van der Waals surface area contributed by atoms with E-state index in [1.807, 2.05) is 108 Å². The molecule has 0 radical (unpaired) electrons. The van der Waals surface area contributed by atoms with Gasteiger partial charge in [-0.25, -0.2) is 4.79 Å². The van der Waals surface area contributed by atoms with E-state index in [0.717, 1.165) is 47.1 Å². The van der Waals surface area contributed by atoms with E-state index in [2.05, 4.69) is 38.0 Å². The van der Waals surface area contributed by atoms with Gasteiger partial charge in [0.2, 0.25) is 35.4 Å². The van der Waals surface area contributed by atoms with Crippen molar-refractivity contribution in [3.8, 4) is 0 Å². The van der Waals surface area contributed by atoms with Crippen LogP contribution < -0.4 is 31.9 Å². The molecule has 71 heavy (non-hydrogen) atoms. The fraction of sp³-hybridized carbons (Fsp3) is 0.545. The number of esters is 1. The highest BCUT2D eigenvalue weighted by Crippen LogP contribution is 2.38. The van der Waals surface area contributed by atoms with Crippen LogP contribution in [0.15, 0.2) is 72.8 Å². The molecule has 6 amide bonds. The molecule has 3 aliphatic rings. The predicted molar refractivity (Wildman–Crippen MR) is 272 cm³/mol. The Hall–Kier alpha value is -6.13. The van der Waals surface area contributed by atoms with Gasteiger partial charge in [-0.2, -0.15) is 0 Å². The topological polar surface area (TPSA) is 207 Å². The molecule has 384 valence electrons. The molecule has 9 atom stereocenters. The van der Waals surface area contributed by atoms with Gasteiger partial charge in [0.1, 0.15) is 30.2 Å². The molecule has 16 nitrogen and oxygen atoms in total. The first kappa shape index (κ1) is 54.2. The molecular formula is C55H76N8O8. The molecule has 16 heteroatoms. The van der Waals surface area contributed by atoms with Crippen molar-refractivity contribution in [1.29, 1.82) is 0 Å². The summed E-state index contributed by atoms with van der Waals surface area (Å²) in [5.41, 5.74) is 4.05. The van der Waals surface area contributed by atoms with Gasteiger partial charge in [-0.3, -0.25) is 28.8 Å². The first-order chi connectivity index (χ1) is 33.6. The van der Waals surface area contributed by atoms with Crippen molar-refractivity contribution in [1.82, 2.24) is 41.7 Å². The first-order valence-electron chi connectivity index (χ1n) is 25.0.